The Morgan fingerprint density at radius 2 is 1.90 bits per heavy atom. The molecule has 1 unspecified atom stereocenters. The zero-order valence-corrected chi connectivity index (χ0v) is 13.9. The summed E-state index contributed by atoms with van der Waals surface area (Å²) in [6.07, 6.45) is 6.26. The van der Waals surface area contributed by atoms with Gasteiger partial charge in [0.2, 0.25) is 11.8 Å². The number of hydrogen-bond donors (Lipinski definition) is 2. The van der Waals surface area contributed by atoms with Crippen LogP contribution in [0.15, 0.2) is 0 Å². The summed E-state index contributed by atoms with van der Waals surface area (Å²) in [6.45, 7) is 10.1. The Kier molecular flexibility index (Phi) is 8.05. The van der Waals surface area contributed by atoms with Crippen LogP contribution in [0.2, 0.25) is 0 Å². The van der Waals surface area contributed by atoms with Gasteiger partial charge in [-0.05, 0) is 39.7 Å². The van der Waals surface area contributed by atoms with Crippen molar-refractivity contribution >= 4 is 11.8 Å². The van der Waals surface area contributed by atoms with E-state index in [2.05, 4.69) is 11.2 Å². The third kappa shape index (κ3) is 7.14. The molecule has 0 heterocycles. The zero-order valence-electron chi connectivity index (χ0n) is 13.9. The summed E-state index contributed by atoms with van der Waals surface area (Å²) in [7, 11) is 0. The smallest absolute Gasteiger partial charge is 0.243 e. The summed E-state index contributed by atoms with van der Waals surface area (Å²) in [5.74, 6) is 2.15. The monoisotopic (exact) mass is 295 g/mol. The number of terminal acetylenes is 1. The lowest BCUT2D eigenvalue weighted by Gasteiger charge is -2.34. The van der Waals surface area contributed by atoms with Crippen molar-refractivity contribution in [3.63, 3.8) is 0 Å². The minimum Gasteiger partial charge on any atom is -0.350 e. The summed E-state index contributed by atoms with van der Waals surface area (Å²) >= 11 is 0. The molecule has 5 nitrogen and oxygen atoms in total. The van der Waals surface area contributed by atoms with Crippen LogP contribution >= 0.6 is 0 Å². The SMILES string of the molecule is C#CCN(C(=O)CCCN)C(C(=O)NC(C)(C)C)C(C)C. The van der Waals surface area contributed by atoms with E-state index >= 15 is 0 Å². The number of hydrogen-bond acceptors (Lipinski definition) is 3. The van der Waals surface area contributed by atoms with Crippen molar-refractivity contribution < 1.29 is 9.59 Å². The lowest BCUT2D eigenvalue weighted by Crippen LogP contribution is -2.56. The van der Waals surface area contributed by atoms with Crippen LogP contribution in [-0.2, 0) is 9.59 Å². The molecule has 1 atom stereocenters. The van der Waals surface area contributed by atoms with Crippen LogP contribution in [0.5, 0.6) is 0 Å². The second-order valence-corrected chi connectivity index (χ2v) is 6.55. The van der Waals surface area contributed by atoms with E-state index in [0.29, 0.717) is 19.4 Å². The average Bonchev–Trinajstić information content (AvgIpc) is 2.32. The van der Waals surface area contributed by atoms with E-state index in [4.69, 9.17) is 12.2 Å². The molecular formula is C16H29N3O2. The number of rotatable bonds is 7. The van der Waals surface area contributed by atoms with Crippen LogP contribution in [0.25, 0.3) is 0 Å². The number of nitrogens with one attached hydrogen (secondary N) is 1. The minimum absolute atomic E-state index is 0.0254. The van der Waals surface area contributed by atoms with Crippen molar-refractivity contribution in [1.29, 1.82) is 0 Å². The van der Waals surface area contributed by atoms with E-state index in [1.807, 2.05) is 34.6 Å². The van der Waals surface area contributed by atoms with E-state index in [-0.39, 0.29) is 29.8 Å². The van der Waals surface area contributed by atoms with Crippen molar-refractivity contribution in [3.05, 3.63) is 0 Å². The molecule has 5 heteroatoms. The largest absolute Gasteiger partial charge is 0.350 e. The summed E-state index contributed by atoms with van der Waals surface area (Å²) in [5.41, 5.74) is 5.08. The number of nitrogens with zero attached hydrogens (tertiary/aromatic N) is 1. The highest BCUT2D eigenvalue weighted by molar-refractivity contribution is 5.88. The van der Waals surface area contributed by atoms with Gasteiger partial charge in [0.25, 0.3) is 0 Å². The van der Waals surface area contributed by atoms with Crippen LogP contribution in [0.3, 0.4) is 0 Å². The van der Waals surface area contributed by atoms with Gasteiger partial charge < -0.3 is 16.0 Å². The highest BCUT2D eigenvalue weighted by atomic mass is 16.2. The molecule has 0 rings (SSSR count). The Hall–Kier alpha value is -1.54. The summed E-state index contributed by atoms with van der Waals surface area (Å²) < 4.78 is 0. The predicted octanol–water partition coefficient (Wildman–Crippen LogP) is 1.13. The molecule has 0 bridgehead atoms. The van der Waals surface area contributed by atoms with Crippen LogP contribution in [-0.4, -0.2) is 41.4 Å². The predicted molar refractivity (Wildman–Crippen MR) is 85.4 cm³/mol. The normalized spacial score (nSPS) is 12.7. The Labute approximate surface area is 128 Å². The fraction of sp³-hybridized carbons (Fsp3) is 0.750. The molecule has 120 valence electrons. The van der Waals surface area contributed by atoms with Gasteiger partial charge in [0.15, 0.2) is 0 Å². The van der Waals surface area contributed by atoms with E-state index in [1.165, 1.54) is 4.90 Å². The molecule has 0 saturated heterocycles. The quantitative estimate of drug-likeness (QED) is 0.691. The Balaban J connectivity index is 5.21. The third-order valence-corrected chi connectivity index (χ3v) is 2.91. The zero-order chi connectivity index (χ0) is 16.6. The molecule has 0 aromatic rings. The fourth-order valence-electron chi connectivity index (χ4n) is 2.08. The molecule has 2 amide bonds. The molecule has 0 aliphatic heterocycles. The number of carbonyl (C=O) groups excluding carboxylic acids is 2. The standard InChI is InChI=1S/C16H29N3O2/c1-7-11-19(13(20)9-8-10-17)14(12(2)3)15(21)18-16(4,5)6/h1,12,14H,8-11,17H2,2-6H3,(H,18,21). The Morgan fingerprint density at radius 1 is 1.33 bits per heavy atom. The van der Waals surface area contributed by atoms with Crippen LogP contribution in [0, 0.1) is 18.3 Å². The molecule has 21 heavy (non-hydrogen) atoms. The van der Waals surface area contributed by atoms with E-state index in [0.717, 1.165) is 0 Å². The summed E-state index contributed by atoms with van der Waals surface area (Å²) in [5, 5.41) is 2.92. The van der Waals surface area contributed by atoms with Gasteiger partial charge in [-0.2, -0.15) is 0 Å². The summed E-state index contributed by atoms with van der Waals surface area (Å²) in [4.78, 5) is 26.3. The Bertz CT molecular complexity index is 391. The fourth-order valence-corrected chi connectivity index (χ4v) is 2.08. The second kappa shape index (κ2) is 8.68. The first-order chi connectivity index (χ1) is 9.64. The minimum atomic E-state index is -0.564. The molecule has 3 N–H and O–H groups in total. The topological polar surface area (TPSA) is 75.4 Å². The average molecular weight is 295 g/mol. The first kappa shape index (κ1) is 19.5. The summed E-state index contributed by atoms with van der Waals surface area (Å²) in [6, 6.07) is -0.564. The molecular weight excluding hydrogens is 266 g/mol. The van der Waals surface area contributed by atoms with Gasteiger partial charge in [-0.1, -0.05) is 19.8 Å². The highest BCUT2D eigenvalue weighted by Gasteiger charge is 2.33. The van der Waals surface area contributed by atoms with Gasteiger partial charge >= 0.3 is 0 Å². The lowest BCUT2D eigenvalue weighted by molar-refractivity contribution is -0.142. The van der Waals surface area contributed by atoms with E-state index in [9.17, 15) is 9.59 Å². The van der Waals surface area contributed by atoms with E-state index < -0.39 is 6.04 Å². The third-order valence-electron chi connectivity index (χ3n) is 2.91. The molecule has 0 saturated carbocycles. The van der Waals surface area contributed by atoms with Gasteiger partial charge in [-0.25, -0.2) is 0 Å². The molecule has 0 aliphatic carbocycles. The van der Waals surface area contributed by atoms with Crippen molar-refractivity contribution in [1.82, 2.24) is 10.2 Å². The van der Waals surface area contributed by atoms with Gasteiger partial charge in [0.1, 0.15) is 6.04 Å². The molecule has 0 aromatic heterocycles. The maximum atomic E-state index is 12.5. The number of amides is 2. The molecule has 0 fully saturated rings. The van der Waals surface area contributed by atoms with Gasteiger partial charge in [-0.15, -0.1) is 6.42 Å². The maximum absolute atomic E-state index is 12.5. The molecule has 0 radical (unpaired) electrons. The molecule has 0 aliphatic rings. The second-order valence-electron chi connectivity index (χ2n) is 6.55. The number of carbonyl (C=O) groups is 2. The highest BCUT2D eigenvalue weighted by Crippen LogP contribution is 2.15. The molecule has 0 aromatic carbocycles. The van der Waals surface area contributed by atoms with Crippen molar-refractivity contribution in [2.24, 2.45) is 11.7 Å². The van der Waals surface area contributed by atoms with Crippen LogP contribution < -0.4 is 11.1 Å². The molecule has 0 spiro atoms. The number of nitrogens with two attached hydrogens (primary N) is 1. The lowest BCUT2D eigenvalue weighted by atomic mass is 9.98. The van der Waals surface area contributed by atoms with Crippen LogP contribution in [0.1, 0.15) is 47.5 Å². The first-order valence-corrected chi connectivity index (χ1v) is 7.39. The Morgan fingerprint density at radius 3 is 2.29 bits per heavy atom. The van der Waals surface area contributed by atoms with Crippen molar-refractivity contribution in [3.8, 4) is 12.3 Å². The van der Waals surface area contributed by atoms with Crippen molar-refractivity contribution in [2.45, 2.75) is 59.0 Å². The van der Waals surface area contributed by atoms with Gasteiger partial charge in [0.05, 0.1) is 6.54 Å². The van der Waals surface area contributed by atoms with E-state index in [1.54, 1.807) is 0 Å². The van der Waals surface area contributed by atoms with Crippen molar-refractivity contribution in [2.75, 3.05) is 13.1 Å². The van der Waals surface area contributed by atoms with Gasteiger partial charge in [-0.3, -0.25) is 9.59 Å². The first-order valence-electron chi connectivity index (χ1n) is 7.39. The van der Waals surface area contributed by atoms with Gasteiger partial charge in [0, 0.05) is 12.0 Å². The van der Waals surface area contributed by atoms with Crippen LogP contribution in [0.4, 0.5) is 0 Å². The maximum Gasteiger partial charge on any atom is 0.243 e.